The second kappa shape index (κ2) is 8.50. The molecule has 1 saturated heterocycles. The molecule has 2 rings (SSSR count). The first kappa shape index (κ1) is 17.2. The van der Waals surface area contributed by atoms with Crippen molar-refractivity contribution in [2.24, 2.45) is 17.8 Å². The summed E-state index contributed by atoms with van der Waals surface area (Å²) in [4.78, 5) is 2.64. The Balaban J connectivity index is 1.80. The van der Waals surface area contributed by atoms with Gasteiger partial charge in [-0.25, -0.2) is 0 Å². The van der Waals surface area contributed by atoms with E-state index in [-0.39, 0.29) is 0 Å². The van der Waals surface area contributed by atoms with Crippen molar-refractivity contribution in [3.63, 3.8) is 0 Å². The molecule has 0 radical (unpaired) electrons. The highest BCUT2D eigenvalue weighted by Crippen LogP contribution is 2.29. The maximum atomic E-state index is 5.51. The van der Waals surface area contributed by atoms with Gasteiger partial charge in [0.15, 0.2) is 0 Å². The Hall–Kier alpha value is -0.120. The summed E-state index contributed by atoms with van der Waals surface area (Å²) < 4.78 is 5.51. The number of nitrogens with zero attached hydrogens (tertiary/aromatic N) is 1. The first-order valence-electron chi connectivity index (χ1n) is 9.11. The molecule has 1 saturated carbocycles. The fourth-order valence-corrected chi connectivity index (χ4v) is 3.88. The minimum atomic E-state index is 0.684. The highest BCUT2D eigenvalue weighted by atomic mass is 16.5. The molecule has 2 fully saturated rings. The molecule has 0 spiro atoms. The second-order valence-electron chi connectivity index (χ2n) is 7.80. The van der Waals surface area contributed by atoms with Crippen LogP contribution >= 0.6 is 0 Å². The molecule has 0 aromatic heterocycles. The summed E-state index contributed by atoms with van der Waals surface area (Å²) in [6, 6.07) is 1.43. The highest BCUT2D eigenvalue weighted by molar-refractivity contribution is 4.83. The molecule has 1 heterocycles. The van der Waals surface area contributed by atoms with Crippen LogP contribution in [0.1, 0.15) is 53.4 Å². The van der Waals surface area contributed by atoms with Gasteiger partial charge >= 0.3 is 0 Å². The van der Waals surface area contributed by atoms with E-state index in [1.807, 2.05) is 0 Å². The van der Waals surface area contributed by atoms with Gasteiger partial charge in [0.1, 0.15) is 0 Å². The van der Waals surface area contributed by atoms with Crippen LogP contribution in [-0.4, -0.2) is 49.8 Å². The molecule has 0 bridgehead atoms. The zero-order valence-electron chi connectivity index (χ0n) is 14.6. The van der Waals surface area contributed by atoms with E-state index in [0.29, 0.717) is 6.04 Å². The van der Waals surface area contributed by atoms with E-state index in [4.69, 9.17) is 4.74 Å². The SMILES string of the molecule is CC(C)CC(CNC1CCC(C)C(C)C1)N1CCOCC1. The molecule has 3 nitrogen and oxygen atoms in total. The largest absolute Gasteiger partial charge is 0.379 e. The van der Waals surface area contributed by atoms with Crippen molar-refractivity contribution >= 4 is 0 Å². The van der Waals surface area contributed by atoms with Gasteiger partial charge in [0, 0.05) is 31.7 Å². The number of morpholine rings is 1. The molecule has 2 aliphatic rings. The molecule has 4 atom stereocenters. The fourth-order valence-electron chi connectivity index (χ4n) is 3.88. The van der Waals surface area contributed by atoms with Crippen molar-refractivity contribution in [3.8, 4) is 0 Å². The van der Waals surface area contributed by atoms with Gasteiger partial charge in [-0.1, -0.05) is 27.7 Å². The molecule has 3 heteroatoms. The van der Waals surface area contributed by atoms with Crippen LogP contribution in [0.2, 0.25) is 0 Å². The monoisotopic (exact) mass is 296 g/mol. The van der Waals surface area contributed by atoms with E-state index in [0.717, 1.165) is 56.6 Å². The van der Waals surface area contributed by atoms with Crippen molar-refractivity contribution in [2.75, 3.05) is 32.8 Å². The fraction of sp³-hybridized carbons (Fsp3) is 1.00. The van der Waals surface area contributed by atoms with E-state index >= 15 is 0 Å². The molecule has 0 amide bonds. The molecule has 4 unspecified atom stereocenters. The standard InChI is InChI=1S/C18H36N2O/c1-14(2)11-18(20-7-9-21-10-8-20)13-19-17-6-5-15(3)16(4)12-17/h14-19H,5-13H2,1-4H3. The number of rotatable bonds is 6. The summed E-state index contributed by atoms with van der Waals surface area (Å²) in [6.45, 7) is 14.7. The third kappa shape index (κ3) is 5.54. The van der Waals surface area contributed by atoms with Crippen LogP contribution in [-0.2, 0) is 4.74 Å². The minimum Gasteiger partial charge on any atom is -0.379 e. The molecule has 0 aromatic carbocycles. The van der Waals surface area contributed by atoms with Crippen molar-refractivity contribution < 1.29 is 4.74 Å². The molecule has 0 aromatic rings. The average molecular weight is 296 g/mol. The summed E-state index contributed by atoms with van der Waals surface area (Å²) in [5.74, 6) is 2.56. The smallest absolute Gasteiger partial charge is 0.0594 e. The van der Waals surface area contributed by atoms with Gasteiger partial charge in [-0.05, 0) is 43.4 Å². The van der Waals surface area contributed by atoms with Crippen LogP contribution in [0.4, 0.5) is 0 Å². The van der Waals surface area contributed by atoms with E-state index in [9.17, 15) is 0 Å². The van der Waals surface area contributed by atoms with Gasteiger partial charge < -0.3 is 10.1 Å². The third-order valence-electron chi connectivity index (χ3n) is 5.55. The van der Waals surface area contributed by atoms with Gasteiger partial charge in [0.2, 0.25) is 0 Å². The van der Waals surface area contributed by atoms with Gasteiger partial charge in [0.05, 0.1) is 13.2 Å². The van der Waals surface area contributed by atoms with Gasteiger partial charge in [-0.2, -0.15) is 0 Å². The molecule has 1 aliphatic heterocycles. The highest BCUT2D eigenvalue weighted by Gasteiger charge is 2.26. The van der Waals surface area contributed by atoms with Crippen LogP contribution in [0, 0.1) is 17.8 Å². The van der Waals surface area contributed by atoms with Crippen LogP contribution in [0.15, 0.2) is 0 Å². The number of hydrogen-bond acceptors (Lipinski definition) is 3. The molecule has 1 N–H and O–H groups in total. The first-order chi connectivity index (χ1) is 10.1. The predicted octanol–water partition coefficient (Wildman–Crippen LogP) is 3.15. The van der Waals surface area contributed by atoms with Crippen LogP contribution < -0.4 is 5.32 Å². The van der Waals surface area contributed by atoms with Gasteiger partial charge in [-0.3, -0.25) is 4.90 Å². The lowest BCUT2D eigenvalue weighted by molar-refractivity contribution is 0.0112. The summed E-state index contributed by atoms with van der Waals surface area (Å²) >= 11 is 0. The molecule has 1 aliphatic carbocycles. The maximum Gasteiger partial charge on any atom is 0.0594 e. The number of ether oxygens (including phenoxy) is 1. The van der Waals surface area contributed by atoms with Crippen LogP contribution in [0.5, 0.6) is 0 Å². The topological polar surface area (TPSA) is 24.5 Å². The average Bonchev–Trinajstić information content (AvgIpc) is 2.47. The quantitative estimate of drug-likeness (QED) is 0.815. The number of hydrogen-bond donors (Lipinski definition) is 1. The van der Waals surface area contributed by atoms with Crippen LogP contribution in [0.25, 0.3) is 0 Å². The first-order valence-corrected chi connectivity index (χ1v) is 9.11. The molecule has 21 heavy (non-hydrogen) atoms. The van der Waals surface area contributed by atoms with Gasteiger partial charge in [-0.15, -0.1) is 0 Å². The molecular weight excluding hydrogens is 260 g/mol. The zero-order chi connectivity index (χ0) is 15.2. The van der Waals surface area contributed by atoms with E-state index in [1.54, 1.807) is 0 Å². The van der Waals surface area contributed by atoms with Gasteiger partial charge in [0.25, 0.3) is 0 Å². The van der Waals surface area contributed by atoms with Crippen molar-refractivity contribution in [1.82, 2.24) is 10.2 Å². The Bertz CT molecular complexity index is 289. The van der Waals surface area contributed by atoms with Crippen LogP contribution in [0.3, 0.4) is 0 Å². The summed E-state index contributed by atoms with van der Waals surface area (Å²) in [5.41, 5.74) is 0. The summed E-state index contributed by atoms with van der Waals surface area (Å²) in [5, 5.41) is 3.89. The number of nitrogens with one attached hydrogen (secondary N) is 1. The lowest BCUT2D eigenvalue weighted by atomic mass is 9.79. The lowest BCUT2D eigenvalue weighted by Crippen LogP contribution is -2.50. The van der Waals surface area contributed by atoms with Crippen molar-refractivity contribution in [1.29, 1.82) is 0 Å². The predicted molar refractivity (Wildman–Crippen MR) is 89.6 cm³/mol. The Morgan fingerprint density at radius 1 is 1.10 bits per heavy atom. The third-order valence-corrected chi connectivity index (χ3v) is 5.55. The van der Waals surface area contributed by atoms with E-state index < -0.39 is 0 Å². The molecular formula is C18H36N2O. The van der Waals surface area contributed by atoms with E-state index in [1.165, 1.54) is 25.7 Å². The van der Waals surface area contributed by atoms with Crippen molar-refractivity contribution in [3.05, 3.63) is 0 Å². The summed E-state index contributed by atoms with van der Waals surface area (Å²) in [7, 11) is 0. The Morgan fingerprint density at radius 3 is 2.43 bits per heavy atom. The lowest BCUT2D eigenvalue weighted by Gasteiger charge is -2.38. The maximum absolute atomic E-state index is 5.51. The summed E-state index contributed by atoms with van der Waals surface area (Å²) in [6.07, 6.45) is 5.42. The Labute approximate surface area is 131 Å². The normalized spacial score (nSPS) is 33.3. The van der Waals surface area contributed by atoms with E-state index in [2.05, 4.69) is 37.9 Å². The second-order valence-corrected chi connectivity index (χ2v) is 7.80. The minimum absolute atomic E-state index is 0.684. The Morgan fingerprint density at radius 2 is 1.81 bits per heavy atom. The Kier molecular flexibility index (Phi) is 6.97. The zero-order valence-corrected chi connectivity index (χ0v) is 14.6. The molecule has 124 valence electrons. The van der Waals surface area contributed by atoms with Crippen molar-refractivity contribution in [2.45, 2.75) is 65.5 Å².